The summed E-state index contributed by atoms with van der Waals surface area (Å²) in [4.78, 5) is 2.52. The van der Waals surface area contributed by atoms with Crippen molar-refractivity contribution >= 4 is 0 Å². The van der Waals surface area contributed by atoms with Crippen molar-refractivity contribution < 1.29 is 4.74 Å². The molecular formula is C14H30N2O. The SMILES string of the molecule is COCCC(C)(CN)N(C)C1CCCC(C)C1. The van der Waals surface area contributed by atoms with E-state index in [-0.39, 0.29) is 5.54 Å². The van der Waals surface area contributed by atoms with Crippen molar-refractivity contribution in [2.75, 3.05) is 27.3 Å². The third-order valence-electron chi connectivity index (χ3n) is 4.59. The molecule has 0 radical (unpaired) electrons. The highest BCUT2D eigenvalue weighted by molar-refractivity contribution is 4.91. The summed E-state index contributed by atoms with van der Waals surface area (Å²) < 4.78 is 5.22. The van der Waals surface area contributed by atoms with Gasteiger partial charge in [0.15, 0.2) is 0 Å². The molecule has 0 saturated heterocycles. The first-order chi connectivity index (χ1) is 8.03. The zero-order chi connectivity index (χ0) is 12.9. The molecular weight excluding hydrogens is 212 g/mol. The lowest BCUT2D eigenvalue weighted by Gasteiger charge is -2.45. The van der Waals surface area contributed by atoms with E-state index in [9.17, 15) is 0 Å². The minimum Gasteiger partial charge on any atom is -0.385 e. The van der Waals surface area contributed by atoms with Crippen LogP contribution in [-0.4, -0.2) is 43.8 Å². The topological polar surface area (TPSA) is 38.5 Å². The quantitative estimate of drug-likeness (QED) is 0.776. The molecule has 0 bridgehead atoms. The molecule has 1 saturated carbocycles. The standard InChI is InChI=1S/C14H30N2O/c1-12-6-5-7-13(10-12)16(3)14(2,11-15)8-9-17-4/h12-13H,5-11,15H2,1-4H3. The fraction of sp³-hybridized carbons (Fsp3) is 1.00. The third-order valence-corrected chi connectivity index (χ3v) is 4.59. The van der Waals surface area contributed by atoms with Gasteiger partial charge in [0.05, 0.1) is 0 Å². The van der Waals surface area contributed by atoms with E-state index in [4.69, 9.17) is 10.5 Å². The highest BCUT2D eigenvalue weighted by Crippen LogP contribution is 2.31. The Bertz CT molecular complexity index is 222. The van der Waals surface area contributed by atoms with Crippen LogP contribution in [0.15, 0.2) is 0 Å². The Morgan fingerprint density at radius 2 is 2.12 bits per heavy atom. The van der Waals surface area contributed by atoms with Crippen LogP contribution in [0, 0.1) is 5.92 Å². The Balaban J connectivity index is 2.60. The largest absolute Gasteiger partial charge is 0.385 e. The molecule has 2 N–H and O–H groups in total. The first-order valence-electron chi connectivity index (χ1n) is 6.95. The smallest absolute Gasteiger partial charge is 0.0480 e. The molecule has 0 heterocycles. The van der Waals surface area contributed by atoms with Gasteiger partial charge in [-0.25, -0.2) is 0 Å². The predicted octanol–water partition coefficient (Wildman–Crippen LogP) is 2.25. The van der Waals surface area contributed by atoms with Crippen molar-refractivity contribution in [3.63, 3.8) is 0 Å². The van der Waals surface area contributed by atoms with Crippen molar-refractivity contribution in [3.05, 3.63) is 0 Å². The third kappa shape index (κ3) is 3.94. The summed E-state index contributed by atoms with van der Waals surface area (Å²) in [6, 6.07) is 0.698. The van der Waals surface area contributed by atoms with Gasteiger partial charge in [0.25, 0.3) is 0 Å². The molecule has 3 nitrogen and oxygen atoms in total. The molecule has 0 spiro atoms. The summed E-state index contributed by atoms with van der Waals surface area (Å²) >= 11 is 0. The van der Waals surface area contributed by atoms with Gasteiger partial charge in [-0.1, -0.05) is 19.8 Å². The zero-order valence-electron chi connectivity index (χ0n) is 12.0. The lowest BCUT2D eigenvalue weighted by Crippen LogP contribution is -2.55. The predicted molar refractivity (Wildman–Crippen MR) is 73.1 cm³/mol. The zero-order valence-corrected chi connectivity index (χ0v) is 12.0. The second-order valence-corrected chi connectivity index (χ2v) is 5.98. The lowest BCUT2D eigenvalue weighted by atomic mass is 9.83. The Hall–Kier alpha value is -0.120. The highest BCUT2D eigenvalue weighted by Gasteiger charge is 2.34. The summed E-state index contributed by atoms with van der Waals surface area (Å²) in [7, 11) is 4.00. The Morgan fingerprint density at radius 3 is 2.65 bits per heavy atom. The van der Waals surface area contributed by atoms with Crippen LogP contribution < -0.4 is 5.73 Å². The van der Waals surface area contributed by atoms with Gasteiger partial charge in [-0.05, 0) is 39.2 Å². The second kappa shape index (κ2) is 6.72. The number of rotatable bonds is 6. The molecule has 0 amide bonds. The summed E-state index contributed by atoms with van der Waals surface area (Å²) in [5.74, 6) is 0.862. The van der Waals surface area contributed by atoms with E-state index in [1.807, 2.05) is 0 Å². The maximum Gasteiger partial charge on any atom is 0.0480 e. The molecule has 3 atom stereocenters. The molecule has 102 valence electrons. The molecule has 0 aromatic heterocycles. The molecule has 0 aromatic rings. The van der Waals surface area contributed by atoms with Crippen LogP contribution in [0.3, 0.4) is 0 Å². The molecule has 0 aliphatic heterocycles. The number of hydrogen-bond acceptors (Lipinski definition) is 3. The normalized spacial score (nSPS) is 29.3. The van der Waals surface area contributed by atoms with Gasteiger partial charge in [-0.2, -0.15) is 0 Å². The minimum absolute atomic E-state index is 0.0811. The number of methoxy groups -OCH3 is 1. The van der Waals surface area contributed by atoms with Crippen molar-refractivity contribution in [1.29, 1.82) is 0 Å². The molecule has 17 heavy (non-hydrogen) atoms. The van der Waals surface area contributed by atoms with Gasteiger partial charge < -0.3 is 10.5 Å². The van der Waals surface area contributed by atoms with Crippen LogP contribution in [0.5, 0.6) is 0 Å². The number of ether oxygens (including phenoxy) is 1. The molecule has 1 fully saturated rings. The molecule has 1 aliphatic carbocycles. The van der Waals surface area contributed by atoms with E-state index in [0.29, 0.717) is 12.6 Å². The van der Waals surface area contributed by atoms with Crippen LogP contribution >= 0.6 is 0 Å². The van der Waals surface area contributed by atoms with E-state index in [1.54, 1.807) is 7.11 Å². The fourth-order valence-corrected chi connectivity index (χ4v) is 2.94. The Labute approximate surface area is 107 Å². The first kappa shape index (κ1) is 14.9. The van der Waals surface area contributed by atoms with Gasteiger partial charge in [-0.3, -0.25) is 4.90 Å². The summed E-state index contributed by atoms with van der Waals surface area (Å²) in [5.41, 5.74) is 6.07. The number of nitrogens with zero attached hydrogens (tertiary/aromatic N) is 1. The second-order valence-electron chi connectivity index (χ2n) is 5.98. The van der Waals surface area contributed by atoms with Gasteiger partial charge in [0.2, 0.25) is 0 Å². The average Bonchev–Trinajstić information content (AvgIpc) is 2.35. The monoisotopic (exact) mass is 242 g/mol. The maximum atomic E-state index is 5.99. The van der Waals surface area contributed by atoms with E-state index < -0.39 is 0 Å². The van der Waals surface area contributed by atoms with Crippen molar-refractivity contribution in [2.45, 2.75) is 57.5 Å². The summed E-state index contributed by atoms with van der Waals surface area (Å²) in [6.45, 7) is 6.14. The van der Waals surface area contributed by atoms with E-state index in [0.717, 1.165) is 18.9 Å². The van der Waals surface area contributed by atoms with Gasteiger partial charge in [0.1, 0.15) is 0 Å². The molecule has 1 rings (SSSR count). The summed E-state index contributed by atoms with van der Waals surface area (Å²) in [5, 5.41) is 0. The van der Waals surface area contributed by atoms with Crippen LogP contribution in [0.25, 0.3) is 0 Å². The minimum atomic E-state index is 0.0811. The lowest BCUT2D eigenvalue weighted by molar-refractivity contribution is 0.0343. The van der Waals surface area contributed by atoms with Crippen molar-refractivity contribution in [1.82, 2.24) is 4.90 Å². The van der Waals surface area contributed by atoms with Crippen molar-refractivity contribution in [3.8, 4) is 0 Å². The van der Waals surface area contributed by atoms with Crippen LogP contribution in [0.1, 0.15) is 46.0 Å². The van der Waals surface area contributed by atoms with Crippen molar-refractivity contribution in [2.24, 2.45) is 11.7 Å². The fourth-order valence-electron chi connectivity index (χ4n) is 2.94. The molecule has 1 aliphatic rings. The van der Waals surface area contributed by atoms with Gasteiger partial charge >= 0.3 is 0 Å². The highest BCUT2D eigenvalue weighted by atomic mass is 16.5. The number of nitrogens with two attached hydrogens (primary N) is 1. The molecule has 3 unspecified atom stereocenters. The van der Waals surface area contributed by atoms with Crippen LogP contribution in [0.4, 0.5) is 0 Å². The van der Waals surface area contributed by atoms with E-state index >= 15 is 0 Å². The van der Waals surface area contributed by atoms with Gasteiger partial charge in [-0.15, -0.1) is 0 Å². The van der Waals surface area contributed by atoms with Gasteiger partial charge in [0, 0.05) is 31.8 Å². The molecule has 3 heteroatoms. The molecule has 0 aromatic carbocycles. The van der Waals surface area contributed by atoms with E-state index in [2.05, 4.69) is 25.8 Å². The number of likely N-dealkylation sites (N-methyl/N-ethyl adjacent to an activating group) is 1. The summed E-state index contributed by atoms with van der Waals surface area (Å²) in [6.07, 6.45) is 6.41. The Morgan fingerprint density at radius 1 is 1.41 bits per heavy atom. The Kier molecular flexibility index (Phi) is 5.90. The average molecular weight is 242 g/mol. The van der Waals surface area contributed by atoms with E-state index in [1.165, 1.54) is 25.7 Å². The van der Waals surface area contributed by atoms with Crippen LogP contribution in [0.2, 0.25) is 0 Å². The van der Waals surface area contributed by atoms with Crippen LogP contribution in [-0.2, 0) is 4.74 Å². The number of hydrogen-bond donors (Lipinski definition) is 1. The maximum absolute atomic E-state index is 5.99. The first-order valence-corrected chi connectivity index (χ1v) is 6.95.